The molecule has 128 valence electrons. The van der Waals surface area contributed by atoms with Crippen molar-refractivity contribution in [3.05, 3.63) is 59.0 Å². The van der Waals surface area contributed by atoms with Crippen molar-refractivity contribution in [2.75, 3.05) is 0 Å². The van der Waals surface area contributed by atoms with E-state index < -0.39 is 17.7 Å². The van der Waals surface area contributed by atoms with Gasteiger partial charge >= 0.3 is 12.1 Å². The second-order valence-corrected chi connectivity index (χ2v) is 5.90. The standard InChI is InChI=1S/C17H16F3NO3/c18-17(19,20)12-3-1-11(2-4-12)9-21(13-5-6-13)10-14-7-8-15(24-14)16(22)23/h1-4,7-8,13H,5-6,9-10H2,(H,22,23). The third-order valence-corrected chi connectivity index (χ3v) is 3.96. The lowest BCUT2D eigenvalue weighted by Crippen LogP contribution is -2.24. The molecule has 1 fully saturated rings. The Balaban J connectivity index is 1.69. The number of nitrogens with zero attached hydrogens (tertiary/aromatic N) is 1. The molecule has 2 aromatic rings. The van der Waals surface area contributed by atoms with Crippen molar-refractivity contribution in [1.82, 2.24) is 4.90 Å². The van der Waals surface area contributed by atoms with Crippen LogP contribution in [0.25, 0.3) is 0 Å². The first kappa shape index (κ1) is 16.6. The topological polar surface area (TPSA) is 53.7 Å². The second-order valence-electron chi connectivity index (χ2n) is 5.90. The molecule has 1 aromatic heterocycles. The monoisotopic (exact) mass is 339 g/mol. The Hall–Kier alpha value is -2.28. The lowest BCUT2D eigenvalue weighted by molar-refractivity contribution is -0.137. The maximum Gasteiger partial charge on any atom is 0.416 e. The van der Waals surface area contributed by atoms with Crippen LogP contribution in [0.4, 0.5) is 13.2 Å². The molecule has 1 aliphatic rings. The Morgan fingerprint density at radius 1 is 1.12 bits per heavy atom. The fraction of sp³-hybridized carbons (Fsp3) is 0.353. The summed E-state index contributed by atoms with van der Waals surface area (Å²) in [6, 6.07) is 8.48. The highest BCUT2D eigenvalue weighted by Gasteiger charge is 2.31. The number of rotatable bonds is 6. The predicted octanol–water partition coefficient (Wildman–Crippen LogP) is 4.16. The van der Waals surface area contributed by atoms with Gasteiger partial charge in [0, 0.05) is 12.6 Å². The molecule has 24 heavy (non-hydrogen) atoms. The summed E-state index contributed by atoms with van der Waals surface area (Å²) in [5, 5.41) is 8.88. The van der Waals surface area contributed by atoms with Gasteiger partial charge in [-0.1, -0.05) is 12.1 Å². The van der Waals surface area contributed by atoms with Crippen molar-refractivity contribution in [3.8, 4) is 0 Å². The number of halogens is 3. The summed E-state index contributed by atoms with van der Waals surface area (Å²) in [5.74, 6) is -0.705. The van der Waals surface area contributed by atoms with Crippen molar-refractivity contribution < 1.29 is 27.5 Å². The molecular formula is C17H16F3NO3. The fourth-order valence-electron chi connectivity index (χ4n) is 2.57. The quantitative estimate of drug-likeness (QED) is 0.858. The Morgan fingerprint density at radius 2 is 1.79 bits per heavy atom. The highest BCUT2D eigenvalue weighted by molar-refractivity contribution is 5.84. The number of alkyl halides is 3. The van der Waals surface area contributed by atoms with E-state index in [2.05, 4.69) is 4.90 Å². The molecule has 0 atom stereocenters. The van der Waals surface area contributed by atoms with Gasteiger partial charge in [0.2, 0.25) is 5.76 Å². The van der Waals surface area contributed by atoms with Crippen LogP contribution in [0.1, 0.15) is 40.3 Å². The largest absolute Gasteiger partial charge is 0.475 e. The maximum atomic E-state index is 12.6. The first-order chi connectivity index (χ1) is 11.3. The van der Waals surface area contributed by atoms with Gasteiger partial charge in [0.25, 0.3) is 0 Å². The van der Waals surface area contributed by atoms with Crippen molar-refractivity contribution in [2.24, 2.45) is 0 Å². The molecule has 1 heterocycles. The molecule has 0 aliphatic heterocycles. The summed E-state index contributed by atoms with van der Waals surface area (Å²) < 4.78 is 43.1. The van der Waals surface area contributed by atoms with Gasteiger partial charge in [0.05, 0.1) is 12.1 Å². The summed E-state index contributed by atoms with van der Waals surface area (Å²) in [6.07, 6.45) is -2.30. The number of hydrogen-bond donors (Lipinski definition) is 1. The highest BCUT2D eigenvalue weighted by Crippen LogP contribution is 2.32. The number of hydrogen-bond acceptors (Lipinski definition) is 3. The molecule has 4 nitrogen and oxygen atoms in total. The van der Waals surface area contributed by atoms with Crippen LogP contribution in [-0.4, -0.2) is 22.0 Å². The van der Waals surface area contributed by atoms with Crippen molar-refractivity contribution >= 4 is 5.97 Å². The summed E-state index contributed by atoms with van der Waals surface area (Å²) in [5.41, 5.74) is 0.112. The first-order valence-corrected chi connectivity index (χ1v) is 7.55. The zero-order valence-corrected chi connectivity index (χ0v) is 12.7. The van der Waals surface area contributed by atoms with Gasteiger partial charge in [0.15, 0.2) is 0 Å². The minimum atomic E-state index is -4.34. The van der Waals surface area contributed by atoms with Crippen LogP contribution in [0.3, 0.4) is 0 Å². The number of aromatic carboxylic acids is 1. The fourth-order valence-corrected chi connectivity index (χ4v) is 2.57. The molecule has 0 bridgehead atoms. The molecule has 0 unspecified atom stereocenters. The van der Waals surface area contributed by atoms with Gasteiger partial charge in [-0.3, -0.25) is 4.90 Å². The summed E-state index contributed by atoms with van der Waals surface area (Å²) in [6.45, 7) is 0.922. The Kier molecular flexibility index (Phi) is 4.36. The summed E-state index contributed by atoms with van der Waals surface area (Å²) in [4.78, 5) is 12.9. The predicted molar refractivity (Wildman–Crippen MR) is 79.4 cm³/mol. The van der Waals surface area contributed by atoms with Crippen LogP contribution in [-0.2, 0) is 19.3 Å². The molecule has 0 radical (unpaired) electrons. The highest BCUT2D eigenvalue weighted by atomic mass is 19.4. The number of benzene rings is 1. The van der Waals surface area contributed by atoms with E-state index in [1.165, 1.54) is 18.2 Å². The molecule has 7 heteroatoms. The van der Waals surface area contributed by atoms with E-state index in [1.807, 2.05) is 0 Å². The minimum absolute atomic E-state index is 0.115. The van der Waals surface area contributed by atoms with E-state index in [-0.39, 0.29) is 5.76 Å². The lowest BCUT2D eigenvalue weighted by atomic mass is 10.1. The third-order valence-electron chi connectivity index (χ3n) is 3.96. The Morgan fingerprint density at radius 3 is 2.29 bits per heavy atom. The minimum Gasteiger partial charge on any atom is -0.475 e. The first-order valence-electron chi connectivity index (χ1n) is 7.55. The van der Waals surface area contributed by atoms with E-state index in [9.17, 15) is 18.0 Å². The molecule has 1 N–H and O–H groups in total. The van der Waals surface area contributed by atoms with E-state index in [0.717, 1.165) is 30.5 Å². The van der Waals surface area contributed by atoms with Crippen LogP contribution in [0.5, 0.6) is 0 Å². The van der Waals surface area contributed by atoms with Crippen LogP contribution >= 0.6 is 0 Å². The third kappa shape index (κ3) is 3.97. The molecule has 0 spiro atoms. The average molecular weight is 339 g/mol. The number of carbonyl (C=O) groups is 1. The van der Waals surface area contributed by atoms with E-state index in [1.54, 1.807) is 6.07 Å². The van der Waals surface area contributed by atoms with E-state index >= 15 is 0 Å². The van der Waals surface area contributed by atoms with Gasteiger partial charge in [-0.15, -0.1) is 0 Å². The zero-order chi connectivity index (χ0) is 17.3. The normalized spacial score (nSPS) is 15.0. The summed E-state index contributed by atoms with van der Waals surface area (Å²) in [7, 11) is 0. The zero-order valence-electron chi connectivity index (χ0n) is 12.7. The maximum absolute atomic E-state index is 12.6. The number of carboxylic acid groups (broad SMARTS) is 1. The molecule has 1 aromatic carbocycles. The smallest absolute Gasteiger partial charge is 0.416 e. The van der Waals surface area contributed by atoms with Gasteiger partial charge in [-0.2, -0.15) is 13.2 Å². The van der Waals surface area contributed by atoms with E-state index in [0.29, 0.717) is 24.9 Å². The Labute approximate surface area is 136 Å². The molecular weight excluding hydrogens is 323 g/mol. The van der Waals surface area contributed by atoms with Gasteiger partial charge in [-0.05, 0) is 42.7 Å². The Bertz CT molecular complexity index is 717. The van der Waals surface area contributed by atoms with Gasteiger partial charge in [0.1, 0.15) is 5.76 Å². The van der Waals surface area contributed by atoms with Crippen LogP contribution in [0, 0.1) is 0 Å². The average Bonchev–Trinajstić information content (AvgIpc) is 3.25. The molecule has 0 saturated heterocycles. The van der Waals surface area contributed by atoms with Gasteiger partial charge < -0.3 is 9.52 Å². The van der Waals surface area contributed by atoms with Crippen molar-refractivity contribution in [3.63, 3.8) is 0 Å². The molecule has 0 amide bonds. The van der Waals surface area contributed by atoms with Crippen LogP contribution in [0.2, 0.25) is 0 Å². The van der Waals surface area contributed by atoms with Crippen molar-refractivity contribution in [2.45, 2.75) is 38.1 Å². The second kappa shape index (κ2) is 6.32. The molecule has 1 aliphatic carbocycles. The lowest BCUT2D eigenvalue weighted by Gasteiger charge is -2.21. The van der Waals surface area contributed by atoms with Crippen molar-refractivity contribution in [1.29, 1.82) is 0 Å². The van der Waals surface area contributed by atoms with Crippen LogP contribution in [0.15, 0.2) is 40.8 Å². The summed E-state index contributed by atoms with van der Waals surface area (Å²) >= 11 is 0. The SMILES string of the molecule is O=C(O)c1ccc(CN(Cc2ccc(C(F)(F)F)cc2)C2CC2)o1. The molecule has 3 rings (SSSR count). The van der Waals surface area contributed by atoms with Crippen LogP contribution < -0.4 is 0 Å². The molecule has 1 saturated carbocycles. The number of furan rings is 1. The van der Waals surface area contributed by atoms with Gasteiger partial charge in [-0.25, -0.2) is 4.79 Å². The number of carboxylic acids is 1. The van der Waals surface area contributed by atoms with E-state index in [4.69, 9.17) is 9.52 Å².